The van der Waals surface area contributed by atoms with E-state index in [1.54, 1.807) is 0 Å². The van der Waals surface area contributed by atoms with Crippen LogP contribution in [0.25, 0.3) is 0 Å². The molecule has 1 aromatic carbocycles. The molecule has 0 spiro atoms. The van der Waals surface area contributed by atoms with Crippen molar-refractivity contribution < 1.29 is 4.57 Å². The van der Waals surface area contributed by atoms with Gasteiger partial charge in [-0.15, -0.1) is 0 Å². The van der Waals surface area contributed by atoms with Gasteiger partial charge in [-0.05, 0) is 6.92 Å². The van der Waals surface area contributed by atoms with E-state index in [2.05, 4.69) is 55.7 Å². The van der Waals surface area contributed by atoms with Crippen molar-refractivity contribution in [1.82, 2.24) is 0 Å². The standard InChI is InChI=1S/C13H16NS/c1-10-11(2)15-12(3)14(10)9-13-7-5-4-6-8-13/h4-8H,9H2,1-3H3/q+1. The molecule has 0 aliphatic heterocycles. The van der Waals surface area contributed by atoms with Crippen LogP contribution >= 0.6 is 11.3 Å². The van der Waals surface area contributed by atoms with Gasteiger partial charge in [-0.25, -0.2) is 0 Å². The number of benzene rings is 1. The summed E-state index contributed by atoms with van der Waals surface area (Å²) in [5.74, 6) is 0. The topological polar surface area (TPSA) is 3.88 Å². The van der Waals surface area contributed by atoms with Gasteiger partial charge in [0, 0.05) is 19.4 Å². The van der Waals surface area contributed by atoms with Gasteiger partial charge in [0.2, 0.25) is 5.01 Å². The van der Waals surface area contributed by atoms with Gasteiger partial charge in [-0.2, -0.15) is 4.57 Å². The Labute approximate surface area is 95.0 Å². The number of aryl methyl sites for hydroxylation is 2. The van der Waals surface area contributed by atoms with E-state index in [-0.39, 0.29) is 0 Å². The van der Waals surface area contributed by atoms with E-state index in [1.165, 1.54) is 21.1 Å². The van der Waals surface area contributed by atoms with E-state index >= 15 is 0 Å². The summed E-state index contributed by atoms with van der Waals surface area (Å²) >= 11 is 1.88. The zero-order valence-corrected chi connectivity index (χ0v) is 10.3. The number of hydrogen-bond donors (Lipinski definition) is 0. The third-order valence-electron chi connectivity index (χ3n) is 2.78. The molecule has 1 heterocycles. The van der Waals surface area contributed by atoms with Crippen LogP contribution in [0, 0.1) is 20.8 Å². The van der Waals surface area contributed by atoms with Crippen molar-refractivity contribution in [2.24, 2.45) is 0 Å². The van der Waals surface area contributed by atoms with Gasteiger partial charge >= 0.3 is 0 Å². The molecule has 2 aromatic rings. The molecule has 0 aliphatic rings. The molecule has 0 bridgehead atoms. The first-order valence-electron chi connectivity index (χ1n) is 5.19. The summed E-state index contributed by atoms with van der Waals surface area (Å²) in [5, 5.41) is 1.38. The fourth-order valence-electron chi connectivity index (χ4n) is 1.77. The van der Waals surface area contributed by atoms with Crippen LogP contribution in [0.3, 0.4) is 0 Å². The van der Waals surface area contributed by atoms with Crippen molar-refractivity contribution >= 4 is 11.3 Å². The SMILES string of the molecule is Cc1sc(C)[n+](Cc2ccccc2)c1C. The fraction of sp³-hybridized carbons (Fsp3) is 0.308. The molecule has 0 saturated heterocycles. The first kappa shape index (κ1) is 10.4. The van der Waals surface area contributed by atoms with Crippen LogP contribution in [0.1, 0.15) is 21.1 Å². The second-order valence-corrected chi connectivity index (χ2v) is 5.24. The van der Waals surface area contributed by atoms with E-state index in [4.69, 9.17) is 0 Å². The monoisotopic (exact) mass is 218 g/mol. The van der Waals surface area contributed by atoms with Crippen molar-refractivity contribution in [2.45, 2.75) is 27.3 Å². The molecule has 0 amide bonds. The van der Waals surface area contributed by atoms with Crippen molar-refractivity contribution in [2.75, 3.05) is 0 Å². The van der Waals surface area contributed by atoms with E-state index in [0.717, 1.165) is 6.54 Å². The summed E-state index contributed by atoms with van der Waals surface area (Å²) in [6.07, 6.45) is 0. The molecule has 0 aliphatic carbocycles. The maximum absolute atomic E-state index is 2.38. The van der Waals surface area contributed by atoms with Gasteiger partial charge in [0.25, 0.3) is 0 Å². The maximum Gasteiger partial charge on any atom is 0.234 e. The van der Waals surface area contributed by atoms with Crippen LogP contribution in [-0.4, -0.2) is 0 Å². The summed E-state index contributed by atoms with van der Waals surface area (Å²) in [6.45, 7) is 7.56. The molecular weight excluding hydrogens is 202 g/mol. The zero-order chi connectivity index (χ0) is 10.8. The summed E-state index contributed by atoms with van der Waals surface area (Å²) in [7, 11) is 0. The Morgan fingerprint density at radius 3 is 2.27 bits per heavy atom. The van der Waals surface area contributed by atoms with Crippen LogP contribution in [-0.2, 0) is 6.54 Å². The lowest BCUT2D eigenvalue weighted by atomic mass is 10.2. The molecule has 0 atom stereocenters. The number of thiazole rings is 1. The highest BCUT2D eigenvalue weighted by Crippen LogP contribution is 2.14. The summed E-state index contributed by atoms with van der Waals surface area (Å²) in [5.41, 5.74) is 2.76. The Hall–Kier alpha value is -1.15. The lowest BCUT2D eigenvalue weighted by Crippen LogP contribution is -2.38. The Bertz CT molecular complexity index is 457. The van der Waals surface area contributed by atoms with Crippen LogP contribution in [0.5, 0.6) is 0 Å². The first-order valence-corrected chi connectivity index (χ1v) is 6.00. The molecule has 0 unspecified atom stereocenters. The minimum atomic E-state index is 0.989. The third-order valence-corrected chi connectivity index (χ3v) is 3.90. The van der Waals surface area contributed by atoms with Gasteiger partial charge in [-0.3, -0.25) is 0 Å². The van der Waals surface area contributed by atoms with Gasteiger partial charge in [0.05, 0.1) is 4.88 Å². The molecule has 0 fully saturated rings. The lowest BCUT2D eigenvalue weighted by molar-refractivity contribution is -0.695. The van der Waals surface area contributed by atoms with Crippen LogP contribution in [0.2, 0.25) is 0 Å². The molecule has 0 N–H and O–H groups in total. The Balaban J connectivity index is 2.32. The average Bonchev–Trinajstić information content (AvgIpc) is 2.47. The number of hydrogen-bond acceptors (Lipinski definition) is 1. The molecule has 1 aromatic heterocycles. The van der Waals surface area contributed by atoms with Gasteiger partial charge in [0.1, 0.15) is 0 Å². The molecule has 15 heavy (non-hydrogen) atoms. The predicted molar refractivity (Wildman–Crippen MR) is 64.3 cm³/mol. The summed E-state index contributed by atoms with van der Waals surface area (Å²) < 4.78 is 2.38. The van der Waals surface area contributed by atoms with Crippen LogP contribution in [0.15, 0.2) is 30.3 Å². The molecular formula is C13H16NS+. The molecule has 78 valence electrons. The molecule has 0 radical (unpaired) electrons. The Morgan fingerprint density at radius 2 is 1.73 bits per heavy atom. The molecule has 2 heteroatoms. The minimum Gasteiger partial charge on any atom is -0.186 e. The number of nitrogens with zero attached hydrogens (tertiary/aromatic N) is 1. The highest BCUT2D eigenvalue weighted by atomic mass is 32.1. The fourth-order valence-corrected chi connectivity index (χ4v) is 2.79. The Kier molecular flexibility index (Phi) is 2.87. The lowest BCUT2D eigenvalue weighted by Gasteiger charge is -1.98. The maximum atomic E-state index is 2.38. The van der Waals surface area contributed by atoms with Crippen molar-refractivity contribution in [3.05, 3.63) is 51.5 Å². The highest BCUT2D eigenvalue weighted by molar-refractivity contribution is 7.11. The van der Waals surface area contributed by atoms with E-state index < -0.39 is 0 Å². The molecule has 2 rings (SSSR count). The quantitative estimate of drug-likeness (QED) is 0.682. The normalized spacial score (nSPS) is 10.6. The highest BCUT2D eigenvalue weighted by Gasteiger charge is 2.17. The summed E-state index contributed by atoms with van der Waals surface area (Å²) in [4.78, 5) is 1.42. The van der Waals surface area contributed by atoms with Crippen molar-refractivity contribution in [3.8, 4) is 0 Å². The molecule has 0 saturated carbocycles. The zero-order valence-electron chi connectivity index (χ0n) is 9.45. The second-order valence-electron chi connectivity index (χ2n) is 3.83. The van der Waals surface area contributed by atoms with Gasteiger partial charge in [-0.1, -0.05) is 41.7 Å². The minimum absolute atomic E-state index is 0.989. The van der Waals surface area contributed by atoms with Crippen LogP contribution < -0.4 is 4.57 Å². The number of aromatic nitrogens is 1. The van der Waals surface area contributed by atoms with Crippen LogP contribution in [0.4, 0.5) is 0 Å². The second kappa shape index (κ2) is 4.15. The van der Waals surface area contributed by atoms with E-state index in [0.29, 0.717) is 0 Å². The van der Waals surface area contributed by atoms with E-state index in [9.17, 15) is 0 Å². The third kappa shape index (κ3) is 2.10. The van der Waals surface area contributed by atoms with E-state index in [1.807, 2.05) is 11.3 Å². The first-order chi connectivity index (χ1) is 7.18. The average molecular weight is 218 g/mol. The predicted octanol–water partition coefficient (Wildman–Crippen LogP) is 3.01. The smallest absolute Gasteiger partial charge is 0.186 e. The molecule has 1 nitrogen and oxygen atoms in total. The van der Waals surface area contributed by atoms with Crippen molar-refractivity contribution in [1.29, 1.82) is 0 Å². The summed E-state index contributed by atoms with van der Waals surface area (Å²) in [6, 6.07) is 10.6. The Morgan fingerprint density at radius 1 is 1.07 bits per heavy atom. The largest absolute Gasteiger partial charge is 0.234 e. The van der Waals surface area contributed by atoms with Gasteiger partial charge in [0.15, 0.2) is 12.2 Å². The van der Waals surface area contributed by atoms with Crippen molar-refractivity contribution in [3.63, 3.8) is 0 Å². The number of rotatable bonds is 2. The van der Waals surface area contributed by atoms with Gasteiger partial charge < -0.3 is 0 Å².